The Kier molecular flexibility index (Phi) is 5.38. The van der Waals surface area contributed by atoms with Gasteiger partial charge in [-0.05, 0) is 49.2 Å². The predicted molar refractivity (Wildman–Crippen MR) is 86.5 cm³/mol. The van der Waals surface area contributed by atoms with Crippen molar-refractivity contribution in [1.29, 1.82) is 0 Å². The third kappa shape index (κ3) is 4.39. The van der Waals surface area contributed by atoms with Crippen molar-refractivity contribution in [2.24, 2.45) is 0 Å². The molecule has 1 fully saturated rings. The first-order valence-corrected chi connectivity index (χ1v) is 8.13. The van der Waals surface area contributed by atoms with Gasteiger partial charge in [0.15, 0.2) is 0 Å². The fourth-order valence-corrected chi connectivity index (χ4v) is 2.92. The Hall–Kier alpha value is -2.34. The van der Waals surface area contributed by atoms with Crippen LogP contribution in [0.3, 0.4) is 0 Å². The lowest BCUT2D eigenvalue weighted by atomic mass is 10.1. The normalized spacial score (nSPS) is 17.6. The first-order chi connectivity index (χ1) is 12.0. The molecular formula is C19H18F3NO2. The molecule has 0 aliphatic carbocycles. The number of hydrogen-bond acceptors (Lipinski definition) is 2. The summed E-state index contributed by atoms with van der Waals surface area (Å²) in [5.41, 5.74) is 0.436. The SMILES string of the molecule is O=C(c1cccc(F)c1)N1CCC[C@H](OCc2cc(F)ccc2F)C1. The van der Waals surface area contributed by atoms with Crippen molar-refractivity contribution in [1.82, 2.24) is 4.90 Å². The molecule has 0 aromatic heterocycles. The Morgan fingerprint density at radius 2 is 1.92 bits per heavy atom. The third-order valence-corrected chi connectivity index (χ3v) is 4.22. The van der Waals surface area contributed by atoms with Crippen molar-refractivity contribution in [3.8, 4) is 0 Å². The summed E-state index contributed by atoms with van der Waals surface area (Å²) in [5, 5.41) is 0. The molecule has 1 saturated heterocycles. The number of carbonyl (C=O) groups is 1. The minimum Gasteiger partial charge on any atom is -0.372 e. The van der Waals surface area contributed by atoms with Crippen molar-refractivity contribution in [3.05, 3.63) is 71.0 Å². The highest BCUT2D eigenvalue weighted by Crippen LogP contribution is 2.19. The zero-order chi connectivity index (χ0) is 17.8. The van der Waals surface area contributed by atoms with Crippen molar-refractivity contribution in [2.75, 3.05) is 13.1 Å². The van der Waals surface area contributed by atoms with Crippen molar-refractivity contribution < 1.29 is 22.7 Å². The highest BCUT2D eigenvalue weighted by Gasteiger charge is 2.25. The average molecular weight is 349 g/mol. The van der Waals surface area contributed by atoms with Gasteiger partial charge in [0, 0.05) is 24.2 Å². The molecule has 0 bridgehead atoms. The molecule has 132 valence electrons. The van der Waals surface area contributed by atoms with Gasteiger partial charge in [0.05, 0.1) is 12.7 Å². The molecule has 0 N–H and O–H groups in total. The molecule has 25 heavy (non-hydrogen) atoms. The Balaban J connectivity index is 1.61. The van der Waals surface area contributed by atoms with Crippen LogP contribution in [0, 0.1) is 17.5 Å². The van der Waals surface area contributed by atoms with Gasteiger partial charge in [-0.1, -0.05) is 6.07 Å². The summed E-state index contributed by atoms with van der Waals surface area (Å²) in [6.45, 7) is 0.839. The van der Waals surface area contributed by atoms with Gasteiger partial charge in [-0.15, -0.1) is 0 Å². The van der Waals surface area contributed by atoms with Gasteiger partial charge >= 0.3 is 0 Å². The number of piperidine rings is 1. The summed E-state index contributed by atoms with van der Waals surface area (Å²) >= 11 is 0. The smallest absolute Gasteiger partial charge is 0.254 e. The van der Waals surface area contributed by atoms with Gasteiger partial charge in [0.2, 0.25) is 0 Å². The maximum absolute atomic E-state index is 13.6. The number of rotatable bonds is 4. The van der Waals surface area contributed by atoms with Gasteiger partial charge < -0.3 is 9.64 Å². The molecular weight excluding hydrogens is 331 g/mol. The Labute approximate surface area is 144 Å². The quantitative estimate of drug-likeness (QED) is 0.837. The lowest BCUT2D eigenvalue weighted by molar-refractivity contribution is -0.00770. The van der Waals surface area contributed by atoms with E-state index < -0.39 is 17.5 Å². The van der Waals surface area contributed by atoms with E-state index in [0.29, 0.717) is 13.1 Å². The van der Waals surface area contributed by atoms with E-state index in [1.54, 1.807) is 11.0 Å². The second kappa shape index (κ2) is 7.70. The van der Waals surface area contributed by atoms with Crippen LogP contribution >= 0.6 is 0 Å². The van der Waals surface area contributed by atoms with Crippen LogP contribution in [-0.2, 0) is 11.3 Å². The molecule has 2 aromatic rings. The summed E-state index contributed by atoms with van der Waals surface area (Å²) in [6, 6.07) is 8.77. The van der Waals surface area contributed by atoms with E-state index in [-0.39, 0.29) is 29.7 Å². The number of hydrogen-bond donors (Lipinski definition) is 0. The first-order valence-electron chi connectivity index (χ1n) is 8.13. The second-order valence-corrected chi connectivity index (χ2v) is 6.07. The minimum atomic E-state index is -0.523. The van der Waals surface area contributed by atoms with Crippen LogP contribution in [0.15, 0.2) is 42.5 Å². The molecule has 0 unspecified atom stereocenters. The second-order valence-electron chi connectivity index (χ2n) is 6.07. The number of ether oxygens (including phenoxy) is 1. The summed E-state index contributed by atoms with van der Waals surface area (Å²) in [4.78, 5) is 14.1. The molecule has 1 atom stereocenters. The molecule has 0 spiro atoms. The van der Waals surface area contributed by atoms with Gasteiger partial charge in [0.25, 0.3) is 5.91 Å². The first kappa shape index (κ1) is 17.5. The van der Waals surface area contributed by atoms with Gasteiger partial charge in [0.1, 0.15) is 17.5 Å². The minimum absolute atomic E-state index is 0.0593. The fraction of sp³-hybridized carbons (Fsp3) is 0.316. The molecule has 2 aromatic carbocycles. The molecule has 1 amide bonds. The van der Waals surface area contributed by atoms with Crippen LogP contribution in [0.1, 0.15) is 28.8 Å². The van der Waals surface area contributed by atoms with Crippen LogP contribution in [0.4, 0.5) is 13.2 Å². The summed E-state index contributed by atoms with van der Waals surface area (Å²) in [7, 11) is 0. The van der Waals surface area contributed by atoms with Crippen LogP contribution < -0.4 is 0 Å². The molecule has 3 nitrogen and oxygen atoms in total. The standard InChI is InChI=1S/C19H18F3NO2/c20-15-4-1-3-13(9-15)19(24)23-8-2-5-17(11-23)25-12-14-10-16(21)6-7-18(14)22/h1,3-4,6-7,9-10,17H,2,5,8,11-12H2/t17-/m0/s1. The highest BCUT2D eigenvalue weighted by molar-refractivity contribution is 5.94. The van der Waals surface area contributed by atoms with Crippen molar-refractivity contribution in [3.63, 3.8) is 0 Å². The highest BCUT2D eigenvalue weighted by atomic mass is 19.1. The molecule has 1 heterocycles. The number of amides is 1. The molecule has 0 radical (unpaired) electrons. The van der Waals surface area contributed by atoms with Crippen LogP contribution in [0.2, 0.25) is 0 Å². The monoisotopic (exact) mass is 349 g/mol. The largest absolute Gasteiger partial charge is 0.372 e. The van der Waals surface area contributed by atoms with E-state index in [1.165, 1.54) is 18.2 Å². The van der Waals surface area contributed by atoms with Crippen LogP contribution in [-0.4, -0.2) is 30.0 Å². The fourth-order valence-electron chi connectivity index (χ4n) is 2.92. The zero-order valence-corrected chi connectivity index (χ0v) is 13.6. The van der Waals surface area contributed by atoms with Crippen LogP contribution in [0.5, 0.6) is 0 Å². The molecule has 3 rings (SSSR count). The molecule has 0 saturated carbocycles. The Morgan fingerprint density at radius 1 is 1.12 bits per heavy atom. The van der Waals surface area contributed by atoms with E-state index in [0.717, 1.165) is 31.0 Å². The van der Waals surface area contributed by atoms with Gasteiger partial charge in [-0.25, -0.2) is 13.2 Å². The number of likely N-dealkylation sites (tertiary alicyclic amines) is 1. The number of halogens is 3. The maximum atomic E-state index is 13.6. The van der Waals surface area contributed by atoms with Crippen molar-refractivity contribution in [2.45, 2.75) is 25.6 Å². The number of carbonyl (C=O) groups excluding carboxylic acids is 1. The Morgan fingerprint density at radius 3 is 2.72 bits per heavy atom. The van der Waals surface area contributed by atoms with E-state index >= 15 is 0 Å². The number of benzene rings is 2. The number of nitrogens with zero attached hydrogens (tertiary/aromatic N) is 1. The molecule has 6 heteroatoms. The molecule has 1 aliphatic heterocycles. The topological polar surface area (TPSA) is 29.5 Å². The summed E-state index contributed by atoms with van der Waals surface area (Å²) in [5.74, 6) is -1.77. The van der Waals surface area contributed by atoms with Gasteiger partial charge in [-0.3, -0.25) is 4.79 Å². The van der Waals surface area contributed by atoms with E-state index in [9.17, 15) is 18.0 Å². The third-order valence-electron chi connectivity index (χ3n) is 4.22. The van der Waals surface area contributed by atoms with E-state index in [1.807, 2.05) is 0 Å². The van der Waals surface area contributed by atoms with Crippen molar-refractivity contribution >= 4 is 5.91 Å². The lowest BCUT2D eigenvalue weighted by Crippen LogP contribution is -2.43. The molecule has 1 aliphatic rings. The zero-order valence-electron chi connectivity index (χ0n) is 13.6. The van der Waals surface area contributed by atoms with Gasteiger partial charge in [-0.2, -0.15) is 0 Å². The maximum Gasteiger partial charge on any atom is 0.254 e. The van der Waals surface area contributed by atoms with Crippen LogP contribution in [0.25, 0.3) is 0 Å². The Bertz CT molecular complexity index is 766. The summed E-state index contributed by atoms with van der Waals surface area (Å²) < 4.78 is 45.8. The lowest BCUT2D eigenvalue weighted by Gasteiger charge is -2.32. The average Bonchev–Trinajstić information content (AvgIpc) is 2.62. The van der Waals surface area contributed by atoms with E-state index in [2.05, 4.69) is 0 Å². The predicted octanol–water partition coefficient (Wildman–Crippen LogP) is 3.93. The summed E-state index contributed by atoms with van der Waals surface area (Å²) in [6.07, 6.45) is 1.19. The van der Waals surface area contributed by atoms with E-state index in [4.69, 9.17) is 4.74 Å².